The van der Waals surface area contributed by atoms with Gasteiger partial charge in [0.15, 0.2) is 0 Å². The maximum atomic E-state index is 11.4. The molecule has 0 atom stereocenters. The second-order valence-corrected chi connectivity index (χ2v) is 4.07. The fourth-order valence-corrected chi connectivity index (χ4v) is 0.780. The van der Waals surface area contributed by atoms with Crippen molar-refractivity contribution in [2.24, 2.45) is 0 Å². The molecule has 0 heterocycles. The number of carbonyl (C=O) groups excluding carboxylic acids is 2. The summed E-state index contributed by atoms with van der Waals surface area (Å²) in [5, 5.41) is 5.03. The zero-order valence-electron chi connectivity index (χ0n) is 10.6. The average molecular weight is 224 g/mol. The van der Waals surface area contributed by atoms with Crippen LogP contribution in [-0.2, 0) is 9.59 Å². The lowest BCUT2D eigenvalue weighted by Crippen LogP contribution is -2.39. The van der Waals surface area contributed by atoms with Crippen LogP contribution in [0, 0.1) is 0 Å². The third-order valence-corrected chi connectivity index (χ3v) is 2.03. The maximum absolute atomic E-state index is 11.4. The van der Waals surface area contributed by atoms with E-state index in [0.717, 1.165) is 11.1 Å². The molecule has 0 aliphatic heterocycles. The Morgan fingerprint density at radius 1 is 1.00 bits per heavy atom. The first-order valence-electron chi connectivity index (χ1n) is 5.21. The van der Waals surface area contributed by atoms with E-state index in [-0.39, 0.29) is 0 Å². The van der Waals surface area contributed by atoms with E-state index in [1.165, 1.54) is 0 Å². The van der Waals surface area contributed by atoms with Crippen LogP contribution >= 0.6 is 0 Å². The van der Waals surface area contributed by atoms with Crippen LogP contribution in [-0.4, -0.2) is 18.4 Å². The summed E-state index contributed by atoms with van der Waals surface area (Å²) in [6.07, 6.45) is 1.85. The summed E-state index contributed by atoms with van der Waals surface area (Å²) in [5.41, 5.74) is 2.79. The lowest BCUT2D eigenvalue weighted by atomic mass is 10.3. The van der Waals surface area contributed by atoms with Crippen LogP contribution in [0.4, 0.5) is 0 Å². The minimum atomic E-state index is -0.624. The summed E-state index contributed by atoms with van der Waals surface area (Å²) >= 11 is 0. The Labute approximate surface area is 96.8 Å². The first-order chi connectivity index (χ1) is 7.34. The van der Waals surface area contributed by atoms with Crippen molar-refractivity contribution in [2.75, 3.05) is 6.54 Å². The van der Waals surface area contributed by atoms with Crippen molar-refractivity contribution in [1.82, 2.24) is 10.6 Å². The van der Waals surface area contributed by atoms with Crippen LogP contribution in [0.5, 0.6) is 0 Å². The van der Waals surface area contributed by atoms with Gasteiger partial charge in [0, 0.05) is 12.2 Å². The molecule has 0 unspecified atom stereocenters. The lowest BCUT2D eigenvalue weighted by Gasteiger charge is -2.06. The molecular weight excluding hydrogens is 204 g/mol. The highest BCUT2D eigenvalue weighted by Crippen LogP contribution is 1.96. The maximum Gasteiger partial charge on any atom is 0.313 e. The van der Waals surface area contributed by atoms with E-state index >= 15 is 0 Å². The molecule has 90 valence electrons. The van der Waals surface area contributed by atoms with Crippen LogP contribution in [0.15, 0.2) is 22.9 Å². The Hall–Kier alpha value is -1.58. The molecule has 0 bridgehead atoms. The average Bonchev–Trinajstić information content (AvgIpc) is 2.16. The molecule has 4 nitrogen and oxygen atoms in total. The largest absolute Gasteiger partial charge is 0.344 e. The number of nitrogens with one attached hydrogen (secondary N) is 2. The van der Waals surface area contributed by atoms with Crippen molar-refractivity contribution in [3.8, 4) is 0 Å². The molecule has 0 aromatic rings. The van der Waals surface area contributed by atoms with Gasteiger partial charge in [-0.2, -0.15) is 0 Å². The highest BCUT2D eigenvalue weighted by atomic mass is 16.2. The van der Waals surface area contributed by atoms with Crippen LogP contribution in [0.1, 0.15) is 34.6 Å². The van der Waals surface area contributed by atoms with E-state index < -0.39 is 11.8 Å². The fraction of sp³-hybridized carbons (Fsp3) is 0.500. The number of carbonyl (C=O) groups is 2. The predicted octanol–water partition coefficient (Wildman–Crippen LogP) is 1.50. The van der Waals surface area contributed by atoms with E-state index in [9.17, 15) is 9.59 Å². The van der Waals surface area contributed by atoms with E-state index in [0.29, 0.717) is 12.2 Å². The summed E-state index contributed by atoms with van der Waals surface area (Å²) in [4.78, 5) is 22.7. The number of amides is 2. The second kappa shape index (κ2) is 6.82. The Kier molecular flexibility index (Phi) is 6.15. The van der Waals surface area contributed by atoms with Gasteiger partial charge in [-0.3, -0.25) is 9.59 Å². The van der Waals surface area contributed by atoms with E-state index in [1.54, 1.807) is 6.92 Å². The Morgan fingerprint density at radius 3 is 2.00 bits per heavy atom. The number of allylic oxidation sites excluding steroid dienone is 3. The first kappa shape index (κ1) is 14.4. The van der Waals surface area contributed by atoms with Gasteiger partial charge in [0.2, 0.25) is 0 Å². The first-order valence-corrected chi connectivity index (χ1v) is 5.21. The minimum absolute atomic E-state index is 0.377. The second-order valence-electron chi connectivity index (χ2n) is 4.07. The normalized spacial score (nSPS) is 9.06. The van der Waals surface area contributed by atoms with E-state index in [2.05, 4.69) is 10.6 Å². The van der Waals surface area contributed by atoms with Crippen LogP contribution in [0.2, 0.25) is 0 Å². The number of hydrogen-bond donors (Lipinski definition) is 2. The Morgan fingerprint density at radius 2 is 1.56 bits per heavy atom. The van der Waals surface area contributed by atoms with Gasteiger partial charge in [0.25, 0.3) is 0 Å². The van der Waals surface area contributed by atoms with Gasteiger partial charge >= 0.3 is 11.8 Å². The topological polar surface area (TPSA) is 58.2 Å². The van der Waals surface area contributed by atoms with Crippen molar-refractivity contribution in [3.63, 3.8) is 0 Å². The van der Waals surface area contributed by atoms with E-state index in [1.807, 2.05) is 33.8 Å². The van der Waals surface area contributed by atoms with Crippen molar-refractivity contribution in [3.05, 3.63) is 22.9 Å². The zero-order chi connectivity index (χ0) is 12.7. The van der Waals surface area contributed by atoms with Crippen LogP contribution in [0.3, 0.4) is 0 Å². The zero-order valence-corrected chi connectivity index (χ0v) is 10.6. The van der Waals surface area contributed by atoms with Gasteiger partial charge in [-0.05, 0) is 34.6 Å². The van der Waals surface area contributed by atoms with Gasteiger partial charge in [0.1, 0.15) is 0 Å². The highest BCUT2D eigenvalue weighted by molar-refractivity contribution is 6.35. The molecule has 0 aliphatic rings. The lowest BCUT2D eigenvalue weighted by molar-refractivity contribution is -0.138. The Bertz CT molecular complexity index is 333. The molecule has 0 saturated heterocycles. The number of hydrogen-bond acceptors (Lipinski definition) is 2. The highest BCUT2D eigenvalue weighted by Gasteiger charge is 2.12. The smallest absolute Gasteiger partial charge is 0.313 e. The van der Waals surface area contributed by atoms with Crippen molar-refractivity contribution < 1.29 is 9.59 Å². The third kappa shape index (κ3) is 6.01. The molecule has 0 rings (SSSR count). The molecule has 0 saturated carbocycles. The quantitative estimate of drug-likeness (QED) is 0.564. The van der Waals surface area contributed by atoms with Crippen molar-refractivity contribution >= 4 is 11.8 Å². The standard InChI is InChI=1S/C12H20N2O2/c1-8(2)6-7-13-11(15)12(16)14-10(5)9(3)4/h6H,7H2,1-5H3,(H,13,15)(H,14,16). The molecule has 0 aliphatic carbocycles. The third-order valence-electron chi connectivity index (χ3n) is 2.03. The predicted molar refractivity (Wildman–Crippen MR) is 64.6 cm³/mol. The molecule has 4 heteroatoms. The van der Waals surface area contributed by atoms with Crippen molar-refractivity contribution in [1.29, 1.82) is 0 Å². The summed E-state index contributed by atoms with van der Waals surface area (Å²) < 4.78 is 0. The molecular formula is C12H20N2O2. The molecule has 0 fully saturated rings. The summed E-state index contributed by atoms with van der Waals surface area (Å²) in [6, 6.07) is 0. The molecule has 2 amide bonds. The summed E-state index contributed by atoms with van der Waals surface area (Å²) in [5.74, 6) is -1.24. The Balaban J connectivity index is 4.16. The van der Waals surface area contributed by atoms with Crippen LogP contribution < -0.4 is 10.6 Å². The molecule has 0 aromatic carbocycles. The molecule has 16 heavy (non-hydrogen) atoms. The summed E-state index contributed by atoms with van der Waals surface area (Å²) in [7, 11) is 0. The van der Waals surface area contributed by atoms with Gasteiger partial charge in [-0.25, -0.2) is 0 Å². The van der Waals surface area contributed by atoms with Crippen LogP contribution in [0.25, 0.3) is 0 Å². The monoisotopic (exact) mass is 224 g/mol. The minimum Gasteiger partial charge on any atom is -0.344 e. The van der Waals surface area contributed by atoms with Gasteiger partial charge in [0.05, 0.1) is 0 Å². The van der Waals surface area contributed by atoms with Gasteiger partial charge < -0.3 is 10.6 Å². The van der Waals surface area contributed by atoms with Crippen molar-refractivity contribution in [2.45, 2.75) is 34.6 Å². The number of rotatable bonds is 3. The summed E-state index contributed by atoms with van der Waals surface area (Å²) in [6.45, 7) is 9.74. The molecule has 0 radical (unpaired) electrons. The SMILES string of the molecule is CC(C)=CCNC(=O)C(=O)NC(C)=C(C)C. The van der Waals surface area contributed by atoms with Gasteiger partial charge in [-0.15, -0.1) is 0 Å². The molecule has 0 spiro atoms. The fourth-order valence-electron chi connectivity index (χ4n) is 0.780. The van der Waals surface area contributed by atoms with E-state index in [4.69, 9.17) is 0 Å². The van der Waals surface area contributed by atoms with Gasteiger partial charge in [-0.1, -0.05) is 17.2 Å². The molecule has 2 N–H and O–H groups in total. The molecule has 0 aromatic heterocycles.